The van der Waals surface area contributed by atoms with Crippen LogP contribution in [0.5, 0.6) is 0 Å². The highest BCUT2D eigenvalue weighted by Gasteiger charge is 2.40. The molecular weight excluding hydrogens is 186 g/mol. The van der Waals surface area contributed by atoms with Crippen LogP contribution in [0.3, 0.4) is 0 Å². The quantitative estimate of drug-likeness (QED) is 0.696. The highest BCUT2D eigenvalue weighted by molar-refractivity contribution is 5.01. The van der Waals surface area contributed by atoms with E-state index in [4.69, 9.17) is 0 Å². The summed E-state index contributed by atoms with van der Waals surface area (Å²) < 4.78 is 0. The minimum Gasteiger partial charge on any atom is -0.392 e. The highest BCUT2D eigenvalue weighted by atomic mass is 16.3. The Hall–Kier alpha value is -0.520. The number of fused-ring (bicyclic) bond motifs is 2. The lowest BCUT2D eigenvalue weighted by molar-refractivity contribution is 0.0394. The van der Waals surface area contributed by atoms with Crippen molar-refractivity contribution >= 4 is 0 Å². The van der Waals surface area contributed by atoms with Crippen molar-refractivity contribution in [1.82, 2.24) is 4.90 Å². The van der Waals surface area contributed by atoms with Crippen LogP contribution >= 0.6 is 0 Å². The Kier molecular flexibility index (Phi) is 3.33. The van der Waals surface area contributed by atoms with Crippen molar-refractivity contribution in [3.05, 3.63) is 0 Å². The van der Waals surface area contributed by atoms with E-state index in [2.05, 4.69) is 23.8 Å². The van der Waals surface area contributed by atoms with E-state index >= 15 is 0 Å². The summed E-state index contributed by atoms with van der Waals surface area (Å²) in [6.45, 7) is 1.84. The third-order valence-corrected chi connectivity index (χ3v) is 4.17. The molecule has 3 atom stereocenters. The molecule has 0 aromatic carbocycles. The van der Waals surface area contributed by atoms with Crippen molar-refractivity contribution < 1.29 is 5.11 Å². The molecule has 15 heavy (non-hydrogen) atoms. The van der Waals surface area contributed by atoms with Gasteiger partial charge in [0.05, 0.1) is 6.10 Å². The fourth-order valence-electron chi connectivity index (χ4n) is 3.14. The van der Waals surface area contributed by atoms with E-state index < -0.39 is 0 Å². The van der Waals surface area contributed by atoms with Crippen LogP contribution in [-0.4, -0.2) is 35.2 Å². The predicted molar refractivity (Wildman–Crippen MR) is 61.4 cm³/mol. The maximum atomic E-state index is 10.0. The van der Waals surface area contributed by atoms with E-state index in [1.807, 2.05) is 6.92 Å². The van der Waals surface area contributed by atoms with Crippen molar-refractivity contribution in [1.29, 1.82) is 0 Å². The van der Waals surface area contributed by atoms with Gasteiger partial charge in [0.2, 0.25) is 0 Å². The lowest BCUT2D eigenvalue weighted by Crippen LogP contribution is -2.43. The van der Waals surface area contributed by atoms with Crippen LogP contribution < -0.4 is 0 Å². The van der Waals surface area contributed by atoms with Gasteiger partial charge in [-0.05, 0) is 45.6 Å². The number of aliphatic hydroxyl groups is 1. The van der Waals surface area contributed by atoms with Gasteiger partial charge in [0.15, 0.2) is 0 Å². The van der Waals surface area contributed by atoms with Crippen LogP contribution in [0.4, 0.5) is 0 Å². The van der Waals surface area contributed by atoms with Crippen LogP contribution in [0.15, 0.2) is 0 Å². The second kappa shape index (κ2) is 4.55. The van der Waals surface area contributed by atoms with Crippen molar-refractivity contribution in [2.75, 3.05) is 7.05 Å². The van der Waals surface area contributed by atoms with Crippen molar-refractivity contribution in [3.8, 4) is 11.8 Å². The Morgan fingerprint density at radius 1 is 1.33 bits per heavy atom. The number of hydrogen-bond donors (Lipinski definition) is 1. The lowest BCUT2D eigenvalue weighted by atomic mass is 9.85. The minimum absolute atomic E-state index is 0.200. The second-order valence-electron chi connectivity index (χ2n) is 4.98. The predicted octanol–water partition coefficient (Wildman–Crippen LogP) is 1.63. The SMILES string of the molecule is CC#CCC(O)C1CC2CCC(C1)N2C. The van der Waals surface area contributed by atoms with Gasteiger partial charge < -0.3 is 10.0 Å². The molecule has 2 nitrogen and oxygen atoms in total. The average Bonchev–Trinajstić information content (AvgIpc) is 2.49. The van der Waals surface area contributed by atoms with Crippen LogP contribution in [0.2, 0.25) is 0 Å². The summed E-state index contributed by atoms with van der Waals surface area (Å²) in [4.78, 5) is 2.51. The zero-order chi connectivity index (χ0) is 10.8. The molecule has 0 aromatic heterocycles. The van der Waals surface area contributed by atoms with E-state index in [9.17, 15) is 5.11 Å². The molecule has 0 amide bonds. The number of nitrogens with zero attached hydrogens (tertiary/aromatic N) is 1. The number of aliphatic hydroxyl groups excluding tert-OH is 1. The second-order valence-corrected chi connectivity index (χ2v) is 4.98. The smallest absolute Gasteiger partial charge is 0.0678 e. The molecule has 2 aliphatic heterocycles. The molecule has 0 aliphatic carbocycles. The maximum Gasteiger partial charge on any atom is 0.0678 e. The van der Waals surface area contributed by atoms with Gasteiger partial charge in [0.1, 0.15) is 0 Å². The van der Waals surface area contributed by atoms with Crippen molar-refractivity contribution in [3.63, 3.8) is 0 Å². The average molecular weight is 207 g/mol. The van der Waals surface area contributed by atoms with E-state index in [0.29, 0.717) is 12.3 Å². The molecule has 1 N–H and O–H groups in total. The van der Waals surface area contributed by atoms with Crippen LogP contribution in [0.1, 0.15) is 39.0 Å². The van der Waals surface area contributed by atoms with Gasteiger partial charge in [-0.25, -0.2) is 0 Å². The minimum atomic E-state index is -0.200. The molecule has 3 unspecified atom stereocenters. The van der Waals surface area contributed by atoms with Gasteiger partial charge in [0, 0.05) is 18.5 Å². The van der Waals surface area contributed by atoms with Gasteiger partial charge in [-0.3, -0.25) is 0 Å². The van der Waals surface area contributed by atoms with Crippen LogP contribution in [0.25, 0.3) is 0 Å². The number of piperidine rings is 1. The molecule has 0 aromatic rings. The summed E-state index contributed by atoms with van der Waals surface area (Å²) >= 11 is 0. The zero-order valence-electron chi connectivity index (χ0n) is 9.74. The molecule has 2 bridgehead atoms. The first-order valence-electron chi connectivity index (χ1n) is 6.02. The maximum absolute atomic E-state index is 10.0. The molecule has 0 spiro atoms. The molecule has 0 saturated carbocycles. The fraction of sp³-hybridized carbons (Fsp3) is 0.846. The Morgan fingerprint density at radius 2 is 1.93 bits per heavy atom. The normalized spacial score (nSPS) is 37.1. The highest BCUT2D eigenvalue weighted by Crippen LogP contribution is 2.39. The van der Waals surface area contributed by atoms with Gasteiger partial charge in [-0.15, -0.1) is 11.8 Å². The van der Waals surface area contributed by atoms with Gasteiger partial charge in [-0.1, -0.05) is 0 Å². The topological polar surface area (TPSA) is 23.5 Å². The van der Waals surface area contributed by atoms with Crippen LogP contribution in [-0.2, 0) is 0 Å². The molecule has 84 valence electrons. The molecule has 2 aliphatic rings. The summed E-state index contributed by atoms with van der Waals surface area (Å²) in [7, 11) is 2.23. The van der Waals surface area contributed by atoms with E-state index in [1.54, 1.807) is 0 Å². The Morgan fingerprint density at radius 3 is 2.47 bits per heavy atom. The monoisotopic (exact) mass is 207 g/mol. The molecule has 2 fully saturated rings. The Balaban J connectivity index is 1.92. The third kappa shape index (κ3) is 2.19. The third-order valence-electron chi connectivity index (χ3n) is 4.17. The zero-order valence-corrected chi connectivity index (χ0v) is 9.74. The molecular formula is C13H21NO. The van der Waals surface area contributed by atoms with E-state index in [-0.39, 0.29) is 6.10 Å². The first-order valence-corrected chi connectivity index (χ1v) is 6.02. The van der Waals surface area contributed by atoms with E-state index in [1.165, 1.54) is 25.7 Å². The number of rotatable bonds is 2. The fourth-order valence-corrected chi connectivity index (χ4v) is 3.14. The van der Waals surface area contributed by atoms with Gasteiger partial charge in [0.25, 0.3) is 0 Å². The summed E-state index contributed by atoms with van der Waals surface area (Å²) in [5.74, 6) is 6.34. The van der Waals surface area contributed by atoms with Crippen molar-refractivity contribution in [2.24, 2.45) is 5.92 Å². The molecule has 0 radical (unpaired) electrons. The summed E-state index contributed by atoms with van der Waals surface area (Å²) in [5.41, 5.74) is 0. The summed E-state index contributed by atoms with van der Waals surface area (Å²) in [6.07, 6.45) is 5.44. The van der Waals surface area contributed by atoms with Gasteiger partial charge in [-0.2, -0.15) is 0 Å². The first kappa shape index (κ1) is 11.0. The Labute approximate surface area is 92.7 Å². The standard InChI is InChI=1S/C13H21NO/c1-3-4-5-13(15)10-8-11-6-7-12(9-10)14(11)2/h10-13,15H,5-9H2,1-2H3. The molecule has 2 heteroatoms. The number of hydrogen-bond acceptors (Lipinski definition) is 2. The van der Waals surface area contributed by atoms with Gasteiger partial charge >= 0.3 is 0 Å². The van der Waals surface area contributed by atoms with E-state index in [0.717, 1.165) is 12.1 Å². The first-order chi connectivity index (χ1) is 7.22. The summed E-state index contributed by atoms with van der Waals surface area (Å²) in [6, 6.07) is 1.44. The largest absolute Gasteiger partial charge is 0.392 e. The van der Waals surface area contributed by atoms with Crippen LogP contribution in [0, 0.1) is 17.8 Å². The molecule has 2 saturated heterocycles. The molecule has 2 rings (SSSR count). The molecule has 2 heterocycles. The Bertz CT molecular complexity index is 264. The summed E-state index contributed by atoms with van der Waals surface area (Å²) in [5, 5.41) is 10.0. The van der Waals surface area contributed by atoms with Crippen molar-refractivity contribution in [2.45, 2.75) is 57.2 Å². The lowest BCUT2D eigenvalue weighted by Gasteiger charge is -2.37.